The van der Waals surface area contributed by atoms with E-state index >= 15 is 0 Å². The van der Waals surface area contributed by atoms with Crippen LogP contribution >= 0.6 is 12.0 Å². The Balaban J connectivity index is 1.15. The molecule has 4 bridgehead atoms. The zero-order valence-corrected chi connectivity index (χ0v) is 20.8. The quantitative estimate of drug-likeness (QED) is 0.132. The van der Waals surface area contributed by atoms with Gasteiger partial charge in [0.25, 0.3) is 0 Å². The highest BCUT2D eigenvalue weighted by Gasteiger charge is 2.73. The molecule has 0 aromatic heterocycles. The lowest BCUT2D eigenvalue weighted by molar-refractivity contribution is -0.777. The first-order valence-electron chi connectivity index (χ1n) is 12.3. The summed E-state index contributed by atoms with van der Waals surface area (Å²) in [6.07, 6.45) is -2.13. The maximum atomic E-state index is 14.1. The number of hydrogen-bond donors (Lipinski definition) is 0. The maximum Gasteiger partial charge on any atom is 0.415 e. The summed E-state index contributed by atoms with van der Waals surface area (Å²) >= 11 is -0.707. The van der Waals surface area contributed by atoms with E-state index in [1.54, 1.807) is 6.92 Å². The van der Waals surface area contributed by atoms with Crippen LogP contribution in [0.2, 0.25) is 0 Å². The third-order valence-corrected chi connectivity index (χ3v) is 8.83. The first kappa shape index (κ1) is 26.1. The average Bonchev–Trinajstić information content (AvgIpc) is 3.45. The highest BCUT2D eigenvalue weighted by atomic mass is 32.2. The van der Waals surface area contributed by atoms with Gasteiger partial charge in [-0.25, -0.2) is 9.59 Å². The van der Waals surface area contributed by atoms with Crippen molar-refractivity contribution in [2.75, 3.05) is 6.61 Å². The molecule has 3 aliphatic heterocycles. The van der Waals surface area contributed by atoms with Gasteiger partial charge >= 0.3 is 17.2 Å². The molecule has 8 atom stereocenters. The normalized spacial score (nSPS) is 46.2. The molecule has 7 fully saturated rings. The molecule has 7 aliphatic rings. The third-order valence-electron chi connectivity index (χ3n) is 8.33. The van der Waals surface area contributed by atoms with E-state index in [4.69, 9.17) is 33.2 Å². The molecule has 0 amide bonds. The van der Waals surface area contributed by atoms with Gasteiger partial charge in [-0.2, -0.15) is 13.1 Å². The summed E-state index contributed by atoms with van der Waals surface area (Å²) in [5.41, 5.74) is -1.11. The van der Waals surface area contributed by atoms with Crippen molar-refractivity contribution in [3.8, 4) is 0 Å². The summed E-state index contributed by atoms with van der Waals surface area (Å²) in [7, 11) is 0. The largest absolute Gasteiger partial charge is 0.691 e. The van der Waals surface area contributed by atoms with Crippen LogP contribution in [-0.4, -0.2) is 72.2 Å². The average molecular weight is 554 g/mol. The third kappa shape index (κ3) is 4.17. The van der Waals surface area contributed by atoms with Crippen LogP contribution in [-0.2, 0) is 52.1 Å². The molecule has 4 aliphatic carbocycles. The van der Waals surface area contributed by atoms with E-state index in [1.807, 2.05) is 6.92 Å². The van der Waals surface area contributed by atoms with Crippen LogP contribution in [0.25, 0.3) is 0 Å². The van der Waals surface area contributed by atoms with Crippen LogP contribution in [0.1, 0.15) is 46.0 Å². The van der Waals surface area contributed by atoms with Crippen molar-refractivity contribution < 1.29 is 66.2 Å². The SMILES string of the molecule is CCOC(C)OC1C(=O)OC2C3OC4(OC3OC12)C1CC2CC4CC(OC(=O)C(F)(F)SOO[O-])(C2)C1. The molecule has 0 radical (unpaired) electrons. The Bertz CT molecular complexity index is 921. The molecule has 208 valence electrons. The van der Waals surface area contributed by atoms with Gasteiger partial charge in [-0.1, -0.05) is 0 Å². The molecule has 0 aromatic rings. The number of carbonyl (C=O) groups is 2. The number of esters is 2. The zero-order valence-electron chi connectivity index (χ0n) is 20.0. The highest BCUT2D eigenvalue weighted by Crippen LogP contribution is 2.65. The Morgan fingerprint density at radius 3 is 2.59 bits per heavy atom. The van der Waals surface area contributed by atoms with Gasteiger partial charge in [0.15, 0.2) is 36.7 Å². The molecule has 3 heterocycles. The van der Waals surface area contributed by atoms with E-state index in [1.165, 1.54) is 0 Å². The van der Waals surface area contributed by atoms with Gasteiger partial charge < -0.3 is 38.4 Å². The van der Waals surface area contributed by atoms with E-state index in [2.05, 4.69) is 9.37 Å². The van der Waals surface area contributed by atoms with Crippen LogP contribution < -0.4 is 5.26 Å². The number of carbonyl (C=O) groups excluding carboxylic acids is 2. The number of rotatable bonds is 9. The summed E-state index contributed by atoms with van der Waals surface area (Å²) in [4.78, 5) is 24.7. The number of alkyl halides is 2. The summed E-state index contributed by atoms with van der Waals surface area (Å²) < 4.78 is 72.8. The lowest BCUT2D eigenvalue weighted by Gasteiger charge is -2.62. The zero-order chi connectivity index (χ0) is 26.2. The number of halogens is 2. The second kappa shape index (κ2) is 9.20. The van der Waals surface area contributed by atoms with Gasteiger partial charge in [-0.15, -0.1) is 0 Å². The molecular formula is C22H27F2O12S-. The predicted octanol–water partition coefficient (Wildman–Crippen LogP) is 1.10. The minimum atomic E-state index is -4.11. The van der Waals surface area contributed by atoms with Crippen LogP contribution in [0.3, 0.4) is 0 Å². The van der Waals surface area contributed by atoms with Crippen LogP contribution in [0.5, 0.6) is 0 Å². The topological polar surface area (TPSA) is 140 Å². The van der Waals surface area contributed by atoms with Crippen LogP contribution in [0.4, 0.5) is 8.78 Å². The number of ether oxygens (including phenoxy) is 7. The molecule has 0 N–H and O–H groups in total. The fourth-order valence-corrected chi connectivity index (χ4v) is 7.55. The minimum Gasteiger partial charge on any atom is -0.691 e. The monoisotopic (exact) mass is 553 g/mol. The smallest absolute Gasteiger partial charge is 0.415 e. The van der Waals surface area contributed by atoms with Crippen molar-refractivity contribution in [3.05, 3.63) is 0 Å². The lowest BCUT2D eigenvalue weighted by atomic mass is 9.51. The van der Waals surface area contributed by atoms with Gasteiger partial charge in [0.2, 0.25) is 0 Å². The maximum absolute atomic E-state index is 14.1. The molecule has 1 spiro atoms. The van der Waals surface area contributed by atoms with E-state index in [-0.39, 0.29) is 30.6 Å². The van der Waals surface area contributed by atoms with Crippen molar-refractivity contribution in [2.45, 2.75) is 99.6 Å². The first-order valence-corrected chi connectivity index (χ1v) is 13.1. The predicted molar refractivity (Wildman–Crippen MR) is 110 cm³/mol. The summed E-state index contributed by atoms with van der Waals surface area (Å²) in [6, 6.07) is 0. The molecule has 12 nitrogen and oxygen atoms in total. The van der Waals surface area contributed by atoms with Gasteiger partial charge in [0.05, 0.1) is 0 Å². The Labute approximate surface area is 214 Å². The standard InChI is InChI=1S/C22H28F2O12S/c1-3-28-9(2)29-15-13-14(30-17(15)25)16-18(31-13)33-21(32-16)11-4-10-5-12(21)8-20(6-10,7-11)34-19(26)22(23,24)37-36-35-27/h9-16,18,27H,3-8H2,1-2H3/p-1. The molecule has 15 heteroatoms. The van der Waals surface area contributed by atoms with E-state index < -0.39 is 77.6 Å². The van der Waals surface area contributed by atoms with E-state index in [0.29, 0.717) is 25.9 Å². The second-order valence-electron chi connectivity index (χ2n) is 10.5. The van der Waals surface area contributed by atoms with Gasteiger partial charge in [0, 0.05) is 18.4 Å². The second-order valence-corrected chi connectivity index (χ2v) is 11.3. The van der Waals surface area contributed by atoms with Crippen molar-refractivity contribution in [2.24, 2.45) is 17.8 Å². The summed E-state index contributed by atoms with van der Waals surface area (Å²) in [5.74, 6) is -3.78. The molecule has 7 rings (SSSR count). The minimum absolute atomic E-state index is 0.141. The highest BCUT2D eigenvalue weighted by molar-refractivity contribution is 7.96. The molecular weight excluding hydrogens is 526 g/mol. The molecule has 0 aromatic carbocycles. The van der Waals surface area contributed by atoms with Crippen molar-refractivity contribution >= 4 is 24.0 Å². The first-order chi connectivity index (χ1) is 17.6. The van der Waals surface area contributed by atoms with Crippen LogP contribution in [0, 0.1) is 17.8 Å². The van der Waals surface area contributed by atoms with Gasteiger partial charge in [-0.05, 0) is 51.9 Å². The molecule has 8 unspecified atom stereocenters. The Morgan fingerprint density at radius 1 is 1.19 bits per heavy atom. The number of fused-ring (bicyclic) bond motifs is 3. The Hall–Kier alpha value is -1.17. The number of hydrogen-bond acceptors (Lipinski definition) is 13. The lowest BCUT2D eigenvalue weighted by Crippen LogP contribution is -2.66. The Morgan fingerprint density at radius 2 is 1.92 bits per heavy atom. The van der Waals surface area contributed by atoms with Gasteiger partial charge in [-0.3, -0.25) is 5.04 Å². The van der Waals surface area contributed by atoms with Crippen molar-refractivity contribution in [3.63, 3.8) is 0 Å². The molecule has 3 saturated heterocycles. The summed E-state index contributed by atoms with van der Waals surface area (Å²) in [5, 5.41) is 8.72. The van der Waals surface area contributed by atoms with E-state index in [0.717, 1.165) is 0 Å². The molecule has 37 heavy (non-hydrogen) atoms. The fraction of sp³-hybridized carbons (Fsp3) is 0.909. The Kier molecular flexibility index (Phi) is 6.48. The van der Waals surface area contributed by atoms with E-state index in [9.17, 15) is 23.6 Å². The fourth-order valence-electron chi connectivity index (χ4n) is 7.33. The van der Waals surface area contributed by atoms with Crippen molar-refractivity contribution in [1.29, 1.82) is 0 Å². The van der Waals surface area contributed by atoms with Gasteiger partial charge in [0.1, 0.15) is 23.7 Å². The van der Waals surface area contributed by atoms with Crippen molar-refractivity contribution in [1.82, 2.24) is 0 Å². The van der Waals surface area contributed by atoms with Crippen LogP contribution in [0.15, 0.2) is 0 Å². The molecule has 4 saturated carbocycles. The summed E-state index contributed by atoms with van der Waals surface area (Å²) in [6.45, 7) is 3.90.